The molecule has 0 atom stereocenters. The third-order valence-electron chi connectivity index (χ3n) is 0.437. The molecule has 1 nitrogen and oxygen atoms in total. The van der Waals surface area contributed by atoms with Gasteiger partial charge in [0.2, 0.25) is 0 Å². The largest absolute Gasteiger partial charge is 0.868 e. The first kappa shape index (κ1) is 5.89. The number of allylic oxidation sites excluding steroid dienone is 1. The lowest BCUT2D eigenvalue weighted by molar-refractivity contribution is -0.284. The molecule has 0 amide bonds. The van der Waals surface area contributed by atoms with Crippen LogP contribution < -0.4 is 5.11 Å². The van der Waals surface area contributed by atoms with E-state index >= 15 is 0 Å². The van der Waals surface area contributed by atoms with Crippen LogP contribution in [0.15, 0.2) is 11.2 Å². The summed E-state index contributed by atoms with van der Waals surface area (Å²) in [4.78, 5) is 0. The summed E-state index contributed by atoms with van der Waals surface area (Å²) in [6.45, 7) is 1.73. The molecule has 0 aliphatic rings. The first-order valence-corrected chi connectivity index (χ1v) is 2.91. The van der Waals surface area contributed by atoms with Gasteiger partial charge in [0.25, 0.3) is 0 Å². The monoisotopic (exact) mass is 103 g/mol. The zero-order valence-electron chi connectivity index (χ0n) is 3.89. The van der Waals surface area contributed by atoms with Gasteiger partial charge in [-0.3, -0.25) is 0 Å². The van der Waals surface area contributed by atoms with Crippen LogP contribution in [0.3, 0.4) is 0 Å². The molecule has 0 aromatic heterocycles. The van der Waals surface area contributed by atoms with Crippen LogP contribution in [0, 0.1) is 0 Å². The van der Waals surface area contributed by atoms with Gasteiger partial charge in [-0.2, -0.15) is 0 Å². The summed E-state index contributed by atoms with van der Waals surface area (Å²) in [5, 5.41) is 10.2. The lowest BCUT2D eigenvalue weighted by Gasteiger charge is -2.02. The Morgan fingerprint density at radius 2 is 2.33 bits per heavy atom. The van der Waals surface area contributed by atoms with Gasteiger partial charge in [-0.05, 0) is 13.2 Å². The van der Waals surface area contributed by atoms with Crippen molar-refractivity contribution in [3.63, 3.8) is 0 Å². The Hall–Kier alpha value is -0.110. The Balaban J connectivity index is 3.22. The predicted octanol–water partition coefficient (Wildman–Crippen LogP) is 0.571. The third-order valence-corrected chi connectivity index (χ3v) is 1.07. The Morgan fingerprint density at radius 1 is 1.83 bits per heavy atom. The minimum atomic E-state index is 0.134. The number of hydrogen-bond acceptors (Lipinski definition) is 2. The zero-order valence-corrected chi connectivity index (χ0v) is 4.71. The summed E-state index contributed by atoms with van der Waals surface area (Å²) in [5.74, 6) is 0. The van der Waals surface area contributed by atoms with Gasteiger partial charge in [0.05, 0.1) is 0 Å². The molecule has 0 saturated carbocycles. The second kappa shape index (κ2) is 3.09. The summed E-state index contributed by atoms with van der Waals surface area (Å²) in [7, 11) is 0. The quantitative estimate of drug-likeness (QED) is 0.453. The molecule has 0 aliphatic heterocycles. The molecule has 0 bridgehead atoms. The van der Waals surface area contributed by atoms with Crippen LogP contribution in [0.4, 0.5) is 0 Å². The molecule has 0 aliphatic carbocycles. The predicted molar refractivity (Wildman–Crippen MR) is 27.3 cm³/mol. The Bertz CT molecular complexity index is 58.6. The molecule has 0 rings (SSSR count). The molecule has 0 fully saturated rings. The lowest BCUT2D eigenvalue weighted by atomic mass is 10.7. The fraction of sp³-hybridized carbons (Fsp3) is 0.500. The van der Waals surface area contributed by atoms with Crippen LogP contribution in [0.2, 0.25) is 0 Å². The van der Waals surface area contributed by atoms with Crippen molar-refractivity contribution < 1.29 is 5.11 Å². The van der Waals surface area contributed by atoms with Crippen LogP contribution in [-0.2, 0) is 0 Å². The van der Waals surface area contributed by atoms with E-state index in [4.69, 9.17) is 0 Å². The van der Waals surface area contributed by atoms with E-state index in [1.807, 2.05) is 0 Å². The summed E-state index contributed by atoms with van der Waals surface area (Å²) in [6, 6.07) is 0. The second-order valence-corrected chi connectivity index (χ2v) is 1.62. The van der Waals surface area contributed by atoms with E-state index in [1.54, 1.807) is 19.3 Å². The number of rotatable bonds is 1. The molecular weight excluding hydrogens is 96.1 g/mol. The van der Waals surface area contributed by atoms with Gasteiger partial charge in [0.15, 0.2) is 0 Å². The van der Waals surface area contributed by atoms with Crippen LogP contribution in [0.5, 0.6) is 0 Å². The van der Waals surface area contributed by atoms with Crippen molar-refractivity contribution >= 4 is 11.8 Å². The number of thioether (sulfide) groups is 1. The Labute approximate surface area is 42.1 Å². The molecule has 0 aromatic rings. The van der Waals surface area contributed by atoms with Crippen molar-refractivity contribution in [2.45, 2.75) is 6.92 Å². The van der Waals surface area contributed by atoms with E-state index in [0.717, 1.165) is 0 Å². The van der Waals surface area contributed by atoms with Gasteiger partial charge >= 0.3 is 0 Å². The van der Waals surface area contributed by atoms with Crippen molar-refractivity contribution in [2.75, 3.05) is 6.26 Å². The van der Waals surface area contributed by atoms with Gasteiger partial charge in [-0.15, -0.1) is 11.8 Å². The van der Waals surface area contributed by atoms with Crippen molar-refractivity contribution in [3.8, 4) is 0 Å². The van der Waals surface area contributed by atoms with Crippen LogP contribution in [-0.4, -0.2) is 6.26 Å². The van der Waals surface area contributed by atoms with Crippen LogP contribution >= 0.6 is 11.8 Å². The van der Waals surface area contributed by atoms with Gasteiger partial charge in [-0.1, -0.05) is 11.2 Å². The van der Waals surface area contributed by atoms with Gasteiger partial charge < -0.3 is 5.11 Å². The maximum atomic E-state index is 10.1. The molecule has 0 radical (unpaired) electrons. The highest BCUT2D eigenvalue weighted by Gasteiger charge is 1.63. The lowest BCUT2D eigenvalue weighted by Crippen LogP contribution is -1.95. The van der Waals surface area contributed by atoms with Crippen LogP contribution in [0.25, 0.3) is 0 Å². The standard InChI is InChI=1S/C4H8OS/c1-3-4(5)6-2/h3,5H,1-2H3/p-1/b4-3+. The zero-order chi connectivity index (χ0) is 4.99. The molecule has 6 heavy (non-hydrogen) atoms. The molecule has 36 valence electrons. The molecule has 0 heterocycles. The average molecular weight is 103 g/mol. The first-order valence-electron chi connectivity index (χ1n) is 1.68. The average Bonchev–Trinajstić information content (AvgIpc) is 1.65. The normalized spacial score (nSPS) is 12.0. The highest BCUT2D eigenvalue weighted by molar-refractivity contribution is 8.02. The fourth-order valence-electron chi connectivity index (χ4n) is 0.118. The van der Waals surface area contributed by atoms with Gasteiger partial charge in [-0.25, -0.2) is 0 Å². The summed E-state index contributed by atoms with van der Waals surface area (Å²) in [5.41, 5.74) is 0. The van der Waals surface area contributed by atoms with E-state index in [0.29, 0.717) is 0 Å². The van der Waals surface area contributed by atoms with Crippen molar-refractivity contribution in [1.29, 1.82) is 0 Å². The SMILES string of the molecule is C/C=C(\[O-])SC. The topological polar surface area (TPSA) is 23.1 Å². The fourth-order valence-corrected chi connectivity index (χ4v) is 0.354. The van der Waals surface area contributed by atoms with Crippen molar-refractivity contribution in [2.24, 2.45) is 0 Å². The van der Waals surface area contributed by atoms with Crippen molar-refractivity contribution in [1.82, 2.24) is 0 Å². The van der Waals surface area contributed by atoms with Crippen LogP contribution in [0.1, 0.15) is 6.92 Å². The molecular formula is C4H7OS-. The molecule has 0 N–H and O–H groups in total. The van der Waals surface area contributed by atoms with Gasteiger partial charge in [0.1, 0.15) is 0 Å². The van der Waals surface area contributed by atoms with E-state index in [2.05, 4.69) is 0 Å². The maximum Gasteiger partial charge on any atom is -0.0148 e. The second-order valence-electron chi connectivity index (χ2n) is 0.812. The Morgan fingerprint density at radius 3 is 2.33 bits per heavy atom. The highest BCUT2D eigenvalue weighted by atomic mass is 32.2. The number of hydrogen-bond donors (Lipinski definition) is 0. The molecule has 0 aromatic carbocycles. The van der Waals surface area contributed by atoms with E-state index < -0.39 is 0 Å². The van der Waals surface area contributed by atoms with E-state index in [1.165, 1.54) is 11.8 Å². The van der Waals surface area contributed by atoms with Gasteiger partial charge in [0, 0.05) is 0 Å². The Kier molecular flexibility index (Phi) is 3.04. The van der Waals surface area contributed by atoms with E-state index in [-0.39, 0.29) is 5.09 Å². The highest BCUT2D eigenvalue weighted by Crippen LogP contribution is 1.99. The maximum absolute atomic E-state index is 10.1. The molecule has 0 spiro atoms. The summed E-state index contributed by atoms with van der Waals surface area (Å²) < 4.78 is 0. The molecule has 0 unspecified atom stereocenters. The van der Waals surface area contributed by atoms with Crippen molar-refractivity contribution in [3.05, 3.63) is 11.2 Å². The minimum absolute atomic E-state index is 0.134. The smallest absolute Gasteiger partial charge is 0.0148 e. The summed E-state index contributed by atoms with van der Waals surface area (Å²) in [6.07, 6.45) is 3.31. The molecule has 2 heteroatoms. The third kappa shape index (κ3) is 2.15. The van der Waals surface area contributed by atoms with E-state index in [9.17, 15) is 5.11 Å². The minimum Gasteiger partial charge on any atom is -0.868 e. The summed E-state index contributed by atoms with van der Waals surface area (Å²) >= 11 is 1.23. The first-order chi connectivity index (χ1) is 2.81. The molecule has 0 saturated heterocycles.